The van der Waals surface area contributed by atoms with Crippen LogP contribution in [0.2, 0.25) is 0 Å². The number of halogens is 2. The third-order valence-electron chi connectivity index (χ3n) is 5.16. The Morgan fingerprint density at radius 1 is 1.03 bits per heavy atom. The molecule has 1 N–H and O–H groups in total. The van der Waals surface area contributed by atoms with Crippen molar-refractivity contribution in [2.45, 2.75) is 26.5 Å². The first-order chi connectivity index (χ1) is 14.9. The number of benzene rings is 1. The van der Waals surface area contributed by atoms with E-state index in [0.717, 1.165) is 17.3 Å². The van der Waals surface area contributed by atoms with Crippen LogP contribution < -0.4 is 0 Å². The summed E-state index contributed by atoms with van der Waals surface area (Å²) in [4.78, 5) is 17.8. The minimum absolute atomic E-state index is 0.251. The van der Waals surface area contributed by atoms with Gasteiger partial charge in [0.2, 0.25) is 0 Å². The lowest BCUT2D eigenvalue weighted by atomic mass is 10.2. The number of aryl methyl sites for hydroxylation is 1. The van der Waals surface area contributed by atoms with Crippen molar-refractivity contribution in [3.05, 3.63) is 77.6 Å². The van der Waals surface area contributed by atoms with E-state index in [0.29, 0.717) is 33.9 Å². The standard InChI is InChI=1S/C22H18F2N6O/c1-12(31)19-10-25-18-3-4-29(22(18)28-19)17-8-20-21(26-9-17)27-13(2)30(20)11-14-5-15(23)7-16(24)6-14/h3-10,12,31H,11H2,1-2H3. The molecule has 5 rings (SSSR count). The van der Waals surface area contributed by atoms with E-state index >= 15 is 0 Å². The largest absolute Gasteiger partial charge is 0.387 e. The van der Waals surface area contributed by atoms with Gasteiger partial charge in [-0.1, -0.05) is 0 Å². The minimum atomic E-state index is -0.739. The molecule has 7 nitrogen and oxygen atoms in total. The van der Waals surface area contributed by atoms with Crippen LogP contribution in [0.4, 0.5) is 8.78 Å². The molecule has 0 bridgehead atoms. The lowest BCUT2D eigenvalue weighted by Crippen LogP contribution is -2.04. The number of fused-ring (bicyclic) bond motifs is 2. The number of aromatic nitrogens is 6. The molecule has 1 atom stereocenters. The Hall–Kier alpha value is -3.72. The van der Waals surface area contributed by atoms with E-state index in [2.05, 4.69) is 19.9 Å². The van der Waals surface area contributed by atoms with Crippen LogP contribution in [-0.4, -0.2) is 34.2 Å². The van der Waals surface area contributed by atoms with Crippen LogP contribution in [0.25, 0.3) is 28.0 Å². The normalized spacial score (nSPS) is 12.7. The van der Waals surface area contributed by atoms with E-state index in [4.69, 9.17) is 0 Å². The fourth-order valence-electron chi connectivity index (χ4n) is 3.65. The molecule has 0 aliphatic rings. The Kier molecular flexibility index (Phi) is 4.48. The van der Waals surface area contributed by atoms with E-state index in [-0.39, 0.29) is 6.54 Å². The number of rotatable bonds is 4. The van der Waals surface area contributed by atoms with Crippen LogP contribution in [0.5, 0.6) is 0 Å². The molecule has 0 saturated carbocycles. The third-order valence-corrected chi connectivity index (χ3v) is 5.16. The second-order valence-electron chi connectivity index (χ2n) is 7.42. The first kappa shape index (κ1) is 19.3. The highest BCUT2D eigenvalue weighted by atomic mass is 19.1. The Balaban J connectivity index is 1.63. The summed E-state index contributed by atoms with van der Waals surface area (Å²) in [6.07, 6.45) is 4.32. The van der Waals surface area contributed by atoms with Gasteiger partial charge in [0, 0.05) is 18.8 Å². The molecule has 0 radical (unpaired) electrons. The predicted molar refractivity (Wildman–Crippen MR) is 111 cm³/mol. The summed E-state index contributed by atoms with van der Waals surface area (Å²) in [6.45, 7) is 3.70. The Bertz CT molecular complexity index is 1420. The van der Waals surface area contributed by atoms with Crippen LogP contribution in [0, 0.1) is 18.6 Å². The van der Waals surface area contributed by atoms with Crippen LogP contribution in [0.15, 0.2) is 48.9 Å². The molecule has 0 saturated heterocycles. The van der Waals surface area contributed by atoms with Gasteiger partial charge in [-0.25, -0.2) is 23.7 Å². The summed E-state index contributed by atoms with van der Waals surface area (Å²) in [7, 11) is 0. The molecule has 0 spiro atoms. The highest BCUT2D eigenvalue weighted by Crippen LogP contribution is 2.23. The van der Waals surface area contributed by atoms with E-state index in [1.54, 1.807) is 19.3 Å². The zero-order chi connectivity index (χ0) is 21.7. The Morgan fingerprint density at radius 3 is 2.55 bits per heavy atom. The first-order valence-electron chi connectivity index (χ1n) is 9.69. The van der Waals surface area contributed by atoms with Gasteiger partial charge in [0.1, 0.15) is 23.0 Å². The van der Waals surface area contributed by atoms with Gasteiger partial charge in [0.25, 0.3) is 0 Å². The first-order valence-corrected chi connectivity index (χ1v) is 9.69. The lowest BCUT2D eigenvalue weighted by molar-refractivity contribution is 0.194. The maximum atomic E-state index is 13.6. The van der Waals surface area contributed by atoms with E-state index in [1.165, 1.54) is 12.1 Å². The quantitative estimate of drug-likeness (QED) is 0.478. The number of hydrogen-bond acceptors (Lipinski definition) is 5. The van der Waals surface area contributed by atoms with Crippen molar-refractivity contribution in [2.24, 2.45) is 0 Å². The topological polar surface area (TPSA) is 81.7 Å². The summed E-state index contributed by atoms with van der Waals surface area (Å²) in [5, 5.41) is 9.85. The van der Waals surface area contributed by atoms with Gasteiger partial charge in [0.05, 0.1) is 35.4 Å². The minimum Gasteiger partial charge on any atom is -0.387 e. The average Bonchev–Trinajstić information content (AvgIpc) is 3.27. The molecule has 1 aromatic carbocycles. The Morgan fingerprint density at radius 2 is 1.81 bits per heavy atom. The third kappa shape index (κ3) is 3.42. The molecule has 4 aromatic heterocycles. The maximum absolute atomic E-state index is 13.6. The SMILES string of the molecule is Cc1nc2ncc(-n3ccc4ncc(C(C)O)nc43)cc2n1Cc1cc(F)cc(F)c1. The van der Waals surface area contributed by atoms with Gasteiger partial charge in [-0.3, -0.25) is 9.55 Å². The van der Waals surface area contributed by atoms with E-state index < -0.39 is 17.7 Å². The van der Waals surface area contributed by atoms with Crippen LogP contribution in [-0.2, 0) is 6.54 Å². The molecule has 31 heavy (non-hydrogen) atoms. The van der Waals surface area contributed by atoms with Crippen molar-refractivity contribution in [3.8, 4) is 5.69 Å². The van der Waals surface area contributed by atoms with Crippen molar-refractivity contribution >= 4 is 22.3 Å². The molecule has 0 aliphatic heterocycles. The number of hydrogen-bond donors (Lipinski definition) is 1. The number of aliphatic hydroxyl groups is 1. The zero-order valence-electron chi connectivity index (χ0n) is 16.8. The molecule has 0 amide bonds. The van der Waals surface area contributed by atoms with Crippen molar-refractivity contribution < 1.29 is 13.9 Å². The van der Waals surface area contributed by atoms with Gasteiger partial charge >= 0.3 is 0 Å². The number of pyridine rings is 1. The van der Waals surface area contributed by atoms with Crippen molar-refractivity contribution in [1.29, 1.82) is 0 Å². The highest BCUT2D eigenvalue weighted by Gasteiger charge is 2.14. The van der Waals surface area contributed by atoms with Crippen molar-refractivity contribution in [3.63, 3.8) is 0 Å². The molecule has 156 valence electrons. The molecule has 4 heterocycles. The van der Waals surface area contributed by atoms with Gasteiger partial charge in [-0.15, -0.1) is 0 Å². The smallest absolute Gasteiger partial charge is 0.178 e. The molecule has 0 aliphatic carbocycles. The number of nitrogens with zero attached hydrogens (tertiary/aromatic N) is 6. The molecule has 0 fully saturated rings. The molecule has 5 aromatic rings. The second kappa shape index (κ2) is 7.21. The van der Waals surface area contributed by atoms with Gasteiger partial charge < -0.3 is 9.67 Å². The van der Waals surface area contributed by atoms with E-state index in [9.17, 15) is 13.9 Å². The molecular weight excluding hydrogens is 402 g/mol. The summed E-state index contributed by atoms with van der Waals surface area (Å²) < 4.78 is 31.0. The summed E-state index contributed by atoms with van der Waals surface area (Å²) in [6, 6.07) is 7.18. The summed E-state index contributed by atoms with van der Waals surface area (Å²) in [5.41, 5.74) is 4.22. The van der Waals surface area contributed by atoms with Gasteiger partial charge in [-0.05, 0) is 43.7 Å². The maximum Gasteiger partial charge on any atom is 0.178 e. The molecule has 1 unspecified atom stereocenters. The monoisotopic (exact) mass is 420 g/mol. The van der Waals surface area contributed by atoms with Gasteiger partial charge in [0.15, 0.2) is 11.3 Å². The Labute approximate surface area is 175 Å². The van der Waals surface area contributed by atoms with Gasteiger partial charge in [-0.2, -0.15) is 0 Å². The number of aliphatic hydroxyl groups excluding tert-OH is 1. The second-order valence-corrected chi connectivity index (χ2v) is 7.42. The predicted octanol–water partition coefficient (Wildman–Crippen LogP) is 3.85. The van der Waals surface area contributed by atoms with Crippen LogP contribution in [0.1, 0.15) is 30.1 Å². The molecule has 9 heteroatoms. The summed E-state index contributed by atoms with van der Waals surface area (Å²) >= 11 is 0. The van der Waals surface area contributed by atoms with E-state index in [1.807, 2.05) is 34.4 Å². The van der Waals surface area contributed by atoms with Crippen molar-refractivity contribution in [2.75, 3.05) is 0 Å². The highest BCUT2D eigenvalue weighted by molar-refractivity contribution is 5.78. The fourth-order valence-corrected chi connectivity index (χ4v) is 3.65. The summed E-state index contributed by atoms with van der Waals surface area (Å²) in [5.74, 6) is -0.567. The molecular formula is C22H18F2N6O. The zero-order valence-corrected chi connectivity index (χ0v) is 16.8. The van der Waals surface area contributed by atoms with Crippen LogP contribution in [0.3, 0.4) is 0 Å². The van der Waals surface area contributed by atoms with Crippen molar-refractivity contribution in [1.82, 2.24) is 29.1 Å². The number of imidazole rings is 1. The average molecular weight is 420 g/mol. The van der Waals surface area contributed by atoms with Crippen LogP contribution >= 0.6 is 0 Å². The fraction of sp³-hybridized carbons (Fsp3) is 0.182. The lowest BCUT2D eigenvalue weighted by Gasteiger charge is -2.10.